The molecule has 4 aromatic carbocycles. The monoisotopic (exact) mass is 494 g/mol. The average molecular weight is 495 g/mol. The molecule has 186 valence electrons. The van der Waals surface area contributed by atoms with Crippen LogP contribution in [0.1, 0.15) is 15.9 Å². The summed E-state index contributed by atoms with van der Waals surface area (Å²) in [5, 5.41) is 14.1. The van der Waals surface area contributed by atoms with E-state index in [1.807, 2.05) is 67.7 Å². The highest BCUT2D eigenvalue weighted by atomic mass is 19.1. The summed E-state index contributed by atoms with van der Waals surface area (Å²) in [4.78, 5) is 14.5. The van der Waals surface area contributed by atoms with E-state index in [2.05, 4.69) is 22.3 Å². The SMILES string of the molecule is CN(CCNCc1ccccc1)c1cc2oc(-c3ccc(F)cc3)c(C(=O)O)c2cc1-c1ccccc1. The first-order valence-corrected chi connectivity index (χ1v) is 12.1. The van der Waals surface area contributed by atoms with E-state index in [0.29, 0.717) is 16.5 Å². The van der Waals surface area contributed by atoms with Crippen molar-refractivity contribution in [1.29, 1.82) is 0 Å². The third kappa shape index (κ3) is 5.25. The zero-order chi connectivity index (χ0) is 25.8. The number of carbonyl (C=O) groups is 1. The normalized spacial score (nSPS) is 11.1. The van der Waals surface area contributed by atoms with Gasteiger partial charge in [-0.2, -0.15) is 0 Å². The molecule has 0 atom stereocenters. The highest BCUT2D eigenvalue weighted by Gasteiger charge is 2.24. The second-order valence-electron chi connectivity index (χ2n) is 8.93. The molecule has 0 radical (unpaired) electrons. The van der Waals surface area contributed by atoms with Gasteiger partial charge < -0.3 is 19.7 Å². The highest BCUT2D eigenvalue weighted by Crippen LogP contribution is 2.40. The third-order valence-corrected chi connectivity index (χ3v) is 6.42. The first kappa shape index (κ1) is 24.3. The van der Waals surface area contributed by atoms with Crippen molar-refractivity contribution in [2.24, 2.45) is 0 Å². The van der Waals surface area contributed by atoms with E-state index < -0.39 is 11.8 Å². The molecule has 0 spiro atoms. The van der Waals surface area contributed by atoms with Crippen molar-refractivity contribution in [3.63, 3.8) is 0 Å². The fourth-order valence-corrected chi connectivity index (χ4v) is 4.51. The number of halogens is 1. The molecule has 0 aliphatic heterocycles. The summed E-state index contributed by atoms with van der Waals surface area (Å²) >= 11 is 0. The fourth-order valence-electron chi connectivity index (χ4n) is 4.51. The number of nitrogens with one attached hydrogen (secondary N) is 1. The molecule has 0 aliphatic carbocycles. The Morgan fingerprint density at radius 3 is 2.27 bits per heavy atom. The Morgan fingerprint density at radius 1 is 0.919 bits per heavy atom. The van der Waals surface area contributed by atoms with Gasteiger partial charge >= 0.3 is 5.97 Å². The lowest BCUT2D eigenvalue weighted by Gasteiger charge is -2.23. The molecule has 37 heavy (non-hydrogen) atoms. The lowest BCUT2D eigenvalue weighted by atomic mass is 9.98. The van der Waals surface area contributed by atoms with Gasteiger partial charge in [0.25, 0.3) is 0 Å². The number of benzene rings is 4. The first-order chi connectivity index (χ1) is 18.0. The predicted octanol–water partition coefficient (Wildman–Crippen LogP) is 6.83. The van der Waals surface area contributed by atoms with Crippen molar-refractivity contribution in [3.8, 4) is 22.5 Å². The van der Waals surface area contributed by atoms with Crippen LogP contribution in [0.5, 0.6) is 0 Å². The summed E-state index contributed by atoms with van der Waals surface area (Å²) in [6.07, 6.45) is 0. The van der Waals surface area contributed by atoms with Gasteiger partial charge in [-0.05, 0) is 41.5 Å². The van der Waals surface area contributed by atoms with Crippen LogP contribution in [0.3, 0.4) is 0 Å². The number of carboxylic acid groups (broad SMARTS) is 1. The van der Waals surface area contributed by atoms with Gasteiger partial charge in [-0.1, -0.05) is 60.7 Å². The van der Waals surface area contributed by atoms with Crippen molar-refractivity contribution in [1.82, 2.24) is 5.32 Å². The topological polar surface area (TPSA) is 65.7 Å². The average Bonchev–Trinajstić information content (AvgIpc) is 3.30. The standard InChI is InChI=1S/C31H27FN2O3/c1-34(17-16-33-20-21-8-4-2-5-9-21)27-19-28-26(18-25(27)22-10-6-3-7-11-22)29(31(35)36)30(37-28)23-12-14-24(32)15-13-23/h2-15,18-19,33H,16-17,20H2,1H3,(H,35,36). The van der Waals surface area contributed by atoms with E-state index in [4.69, 9.17) is 4.42 Å². The van der Waals surface area contributed by atoms with Crippen LogP contribution < -0.4 is 10.2 Å². The summed E-state index contributed by atoms with van der Waals surface area (Å²) < 4.78 is 19.6. The Hall–Kier alpha value is -4.42. The van der Waals surface area contributed by atoms with Crippen LogP contribution in [0, 0.1) is 5.82 Å². The van der Waals surface area contributed by atoms with Crippen molar-refractivity contribution in [2.45, 2.75) is 6.54 Å². The van der Waals surface area contributed by atoms with Gasteiger partial charge in [-0.3, -0.25) is 0 Å². The number of furan rings is 1. The molecular weight excluding hydrogens is 467 g/mol. The Kier molecular flexibility index (Phi) is 7.01. The van der Waals surface area contributed by atoms with E-state index in [0.717, 1.165) is 36.4 Å². The molecule has 0 aliphatic rings. The Balaban J connectivity index is 1.53. The van der Waals surface area contributed by atoms with Gasteiger partial charge in [0.2, 0.25) is 0 Å². The van der Waals surface area contributed by atoms with Crippen LogP contribution >= 0.6 is 0 Å². The van der Waals surface area contributed by atoms with E-state index >= 15 is 0 Å². The summed E-state index contributed by atoms with van der Waals surface area (Å²) in [6, 6.07) is 29.6. The van der Waals surface area contributed by atoms with Crippen LogP contribution in [0.2, 0.25) is 0 Å². The molecule has 0 unspecified atom stereocenters. The largest absolute Gasteiger partial charge is 0.478 e. The third-order valence-electron chi connectivity index (χ3n) is 6.42. The predicted molar refractivity (Wildman–Crippen MR) is 145 cm³/mol. The summed E-state index contributed by atoms with van der Waals surface area (Å²) in [5.74, 6) is -1.28. The molecule has 1 heterocycles. The number of hydrogen-bond donors (Lipinski definition) is 2. The maximum absolute atomic E-state index is 13.5. The lowest BCUT2D eigenvalue weighted by Crippen LogP contribution is -2.29. The number of likely N-dealkylation sites (N-methyl/N-ethyl adjacent to an activating group) is 1. The zero-order valence-electron chi connectivity index (χ0n) is 20.4. The first-order valence-electron chi connectivity index (χ1n) is 12.1. The minimum absolute atomic E-state index is 0.0671. The molecule has 6 heteroatoms. The minimum Gasteiger partial charge on any atom is -0.478 e. The van der Waals surface area contributed by atoms with Gasteiger partial charge in [0.05, 0.1) is 0 Å². The molecule has 0 saturated heterocycles. The number of carboxylic acids is 1. The molecule has 5 nitrogen and oxygen atoms in total. The Morgan fingerprint density at radius 2 is 1.59 bits per heavy atom. The molecule has 0 bridgehead atoms. The van der Waals surface area contributed by atoms with Crippen LogP contribution in [0.4, 0.5) is 10.1 Å². The van der Waals surface area contributed by atoms with E-state index in [1.54, 1.807) is 0 Å². The minimum atomic E-state index is -1.09. The van der Waals surface area contributed by atoms with Crippen molar-refractivity contribution >= 4 is 22.6 Å². The van der Waals surface area contributed by atoms with Gasteiger partial charge in [-0.25, -0.2) is 9.18 Å². The number of rotatable bonds is 9. The maximum atomic E-state index is 13.5. The van der Waals surface area contributed by atoms with Crippen LogP contribution in [-0.4, -0.2) is 31.2 Å². The highest BCUT2D eigenvalue weighted by molar-refractivity contribution is 6.10. The number of anilines is 1. The van der Waals surface area contributed by atoms with Gasteiger partial charge in [0, 0.05) is 54.9 Å². The smallest absolute Gasteiger partial charge is 0.340 e. The van der Waals surface area contributed by atoms with Gasteiger partial charge in [0.1, 0.15) is 22.7 Å². The Bertz CT molecular complexity index is 1510. The van der Waals surface area contributed by atoms with Crippen LogP contribution in [0.15, 0.2) is 101 Å². The zero-order valence-corrected chi connectivity index (χ0v) is 20.4. The van der Waals surface area contributed by atoms with Crippen molar-refractivity contribution < 1.29 is 18.7 Å². The van der Waals surface area contributed by atoms with Crippen molar-refractivity contribution in [3.05, 3.63) is 114 Å². The van der Waals surface area contributed by atoms with Gasteiger partial charge in [-0.15, -0.1) is 0 Å². The number of hydrogen-bond acceptors (Lipinski definition) is 4. The summed E-state index contributed by atoms with van der Waals surface area (Å²) in [7, 11) is 2.01. The lowest BCUT2D eigenvalue weighted by molar-refractivity contribution is 0.0699. The summed E-state index contributed by atoms with van der Waals surface area (Å²) in [6.45, 7) is 2.27. The molecule has 5 rings (SSSR count). The molecule has 0 amide bonds. The fraction of sp³-hybridized carbons (Fsp3) is 0.129. The second kappa shape index (κ2) is 10.7. The number of fused-ring (bicyclic) bond motifs is 1. The van der Waals surface area contributed by atoms with E-state index in [9.17, 15) is 14.3 Å². The molecule has 2 N–H and O–H groups in total. The van der Waals surface area contributed by atoms with Crippen LogP contribution in [-0.2, 0) is 6.54 Å². The van der Waals surface area contributed by atoms with Crippen molar-refractivity contribution in [2.75, 3.05) is 25.0 Å². The number of aromatic carboxylic acids is 1. The van der Waals surface area contributed by atoms with E-state index in [-0.39, 0.29) is 11.3 Å². The summed E-state index contributed by atoms with van der Waals surface area (Å²) in [5.41, 5.74) is 5.08. The molecular formula is C31H27FN2O3. The van der Waals surface area contributed by atoms with Gasteiger partial charge in [0.15, 0.2) is 0 Å². The second-order valence-corrected chi connectivity index (χ2v) is 8.93. The van der Waals surface area contributed by atoms with Crippen LogP contribution in [0.25, 0.3) is 33.4 Å². The molecule has 1 aromatic heterocycles. The molecule has 0 fully saturated rings. The van der Waals surface area contributed by atoms with E-state index in [1.165, 1.54) is 29.8 Å². The Labute approximate surface area is 214 Å². The maximum Gasteiger partial charge on any atom is 0.340 e. The molecule has 0 saturated carbocycles. The quantitative estimate of drug-likeness (QED) is 0.220. The molecule has 5 aromatic rings. The number of nitrogens with zero attached hydrogens (tertiary/aromatic N) is 1.